The first kappa shape index (κ1) is 20.0. The van der Waals surface area contributed by atoms with Gasteiger partial charge in [-0.25, -0.2) is 0 Å². The molecule has 1 aromatic heterocycles. The van der Waals surface area contributed by atoms with E-state index in [4.69, 9.17) is 14.2 Å². The summed E-state index contributed by atoms with van der Waals surface area (Å²) in [6, 6.07) is 10.9. The van der Waals surface area contributed by atoms with Gasteiger partial charge in [0.1, 0.15) is 43.2 Å². The van der Waals surface area contributed by atoms with Gasteiger partial charge in [0.2, 0.25) is 0 Å². The third-order valence-corrected chi connectivity index (χ3v) is 3.40. The van der Waals surface area contributed by atoms with Crippen molar-refractivity contribution in [2.75, 3.05) is 26.4 Å². The molecule has 1 unspecified atom stereocenters. The first-order chi connectivity index (χ1) is 12.4. The number of aromatic nitrogens is 1. The van der Waals surface area contributed by atoms with Gasteiger partial charge in [0.15, 0.2) is 0 Å². The van der Waals surface area contributed by atoms with Gasteiger partial charge >= 0.3 is 0 Å². The molecule has 1 atom stereocenters. The Morgan fingerprint density at radius 1 is 0.885 bits per heavy atom. The average Bonchev–Trinajstić information content (AvgIpc) is 2.63. The highest BCUT2D eigenvalue weighted by Crippen LogP contribution is 2.18. The van der Waals surface area contributed by atoms with Crippen molar-refractivity contribution in [1.29, 1.82) is 0 Å². The molecule has 0 saturated carbocycles. The van der Waals surface area contributed by atoms with E-state index in [-0.39, 0.29) is 12.1 Å². The number of ether oxygens (including phenoxy) is 3. The lowest BCUT2D eigenvalue weighted by molar-refractivity contribution is 0.1000. The second-order valence-electron chi connectivity index (χ2n) is 6.95. The molecule has 2 aromatic rings. The lowest BCUT2D eigenvalue weighted by Gasteiger charge is -2.23. The fourth-order valence-electron chi connectivity index (χ4n) is 2.06. The van der Waals surface area contributed by atoms with Crippen LogP contribution in [0.25, 0.3) is 0 Å². The van der Waals surface area contributed by atoms with Crippen LogP contribution in [0.4, 0.5) is 0 Å². The van der Waals surface area contributed by atoms with Gasteiger partial charge < -0.3 is 24.6 Å². The summed E-state index contributed by atoms with van der Waals surface area (Å²) >= 11 is 0. The van der Waals surface area contributed by atoms with Gasteiger partial charge in [0.25, 0.3) is 0 Å². The van der Waals surface area contributed by atoms with Crippen LogP contribution in [0, 0.1) is 0 Å². The van der Waals surface area contributed by atoms with Crippen molar-refractivity contribution in [2.24, 2.45) is 0 Å². The molecule has 6 nitrogen and oxygen atoms in total. The molecule has 142 valence electrons. The molecular weight excluding hydrogens is 332 g/mol. The van der Waals surface area contributed by atoms with Crippen molar-refractivity contribution in [2.45, 2.75) is 32.4 Å². The molecule has 0 spiro atoms. The van der Waals surface area contributed by atoms with Crippen molar-refractivity contribution in [3.63, 3.8) is 0 Å². The first-order valence-electron chi connectivity index (χ1n) is 8.74. The predicted molar refractivity (Wildman–Crippen MR) is 101 cm³/mol. The van der Waals surface area contributed by atoms with Crippen LogP contribution in [-0.2, 0) is 0 Å². The van der Waals surface area contributed by atoms with E-state index < -0.39 is 6.10 Å². The van der Waals surface area contributed by atoms with Crippen LogP contribution in [0.3, 0.4) is 0 Å². The SMILES string of the molecule is CC(C)(C)NCC(O)COc1ccc(OCCOc2ccncc2)cc1. The Bertz CT molecular complexity index is 627. The molecule has 26 heavy (non-hydrogen) atoms. The minimum atomic E-state index is -0.560. The van der Waals surface area contributed by atoms with Gasteiger partial charge in [-0.2, -0.15) is 0 Å². The summed E-state index contributed by atoms with van der Waals surface area (Å²) in [6.07, 6.45) is 2.81. The predicted octanol–water partition coefficient (Wildman–Crippen LogP) is 2.67. The molecule has 0 saturated heterocycles. The van der Waals surface area contributed by atoms with E-state index in [0.717, 1.165) is 11.5 Å². The van der Waals surface area contributed by atoms with Crippen molar-refractivity contribution in [3.8, 4) is 17.2 Å². The fraction of sp³-hybridized carbons (Fsp3) is 0.450. The van der Waals surface area contributed by atoms with Gasteiger partial charge in [-0.15, -0.1) is 0 Å². The summed E-state index contributed by atoms with van der Waals surface area (Å²) in [4.78, 5) is 3.93. The third-order valence-electron chi connectivity index (χ3n) is 3.40. The van der Waals surface area contributed by atoms with E-state index in [9.17, 15) is 5.11 Å². The number of pyridine rings is 1. The van der Waals surface area contributed by atoms with Crippen molar-refractivity contribution < 1.29 is 19.3 Å². The standard InChI is InChI=1S/C20H28N2O4/c1-20(2,3)22-14-16(23)15-26-18-6-4-17(5-7-18)24-12-13-25-19-8-10-21-11-9-19/h4-11,16,22-23H,12-15H2,1-3H3. The van der Waals surface area contributed by atoms with Crippen molar-refractivity contribution in [1.82, 2.24) is 10.3 Å². The summed E-state index contributed by atoms with van der Waals surface area (Å²) in [6.45, 7) is 7.80. The van der Waals surface area contributed by atoms with Crippen LogP contribution in [0.15, 0.2) is 48.8 Å². The highest BCUT2D eigenvalue weighted by atomic mass is 16.5. The van der Waals surface area contributed by atoms with Gasteiger partial charge in [0.05, 0.1) is 0 Å². The number of hydrogen-bond acceptors (Lipinski definition) is 6. The molecule has 0 amide bonds. The molecule has 0 aliphatic carbocycles. The summed E-state index contributed by atoms with van der Waals surface area (Å²) in [5.74, 6) is 2.21. The summed E-state index contributed by atoms with van der Waals surface area (Å²) in [5.41, 5.74) is -0.0267. The number of hydrogen-bond donors (Lipinski definition) is 2. The van der Waals surface area contributed by atoms with E-state index in [1.165, 1.54) is 0 Å². The van der Waals surface area contributed by atoms with Crippen molar-refractivity contribution >= 4 is 0 Å². The number of nitrogens with one attached hydrogen (secondary N) is 1. The number of nitrogens with zero attached hydrogens (tertiary/aromatic N) is 1. The first-order valence-corrected chi connectivity index (χ1v) is 8.74. The van der Waals surface area contributed by atoms with Crippen LogP contribution in [0.5, 0.6) is 17.2 Å². The lowest BCUT2D eigenvalue weighted by atomic mass is 10.1. The largest absolute Gasteiger partial charge is 0.491 e. The Hall–Kier alpha value is -2.31. The Morgan fingerprint density at radius 2 is 1.38 bits per heavy atom. The minimum Gasteiger partial charge on any atom is -0.491 e. The second-order valence-corrected chi connectivity index (χ2v) is 6.95. The monoisotopic (exact) mass is 360 g/mol. The highest BCUT2D eigenvalue weighted by Gasteiger charge is 2.12. The highest BCUT2D eigenvalue weighted by molar-refractivity contribution is 5.31. The molecule has 1 aromatic carbocycles. The quantitative estimate of drug-likeness (QED) is 0.635. The Labute approximate surface area is 155 Å². The van der Waals surface area contributed by atoms with Gasteiger partial charge in [-0.05, 0) is 57.2 Å². The summed E-state index contributed by atoms with van der Waals surface area (Å²) in [5, 5.41) is 13.2. The Balaban J connectivity index is 1.64. The van der Waals surface area contributed by atoms with E-state index in [1.807, 2.05) is 24.3 Å². The Kier molecular flexibility index (Phi) is 7.69. The van der Waals surface area contributed by atoms with Gasteiger partial charge in [-0.3, -0.25) is 4.98 Å². The van der Waals surface area contributed by atoms with E-state index >= 15 is 0 Å². The van der Waals surface area contributed by atoms with Crippen LogP contribution in [-0.4, -0.2) is 48.1 Å². The molecule has 0 bridgehead atoms. The molecule has 2 N–H and O–H groups in total. The van der Waals surface area contributed by atoms with Crippen LogP contribution >= 0.6 is 0 Å². The Morgan fingerprint density at radius 3 is 1.92 bits per heavy atom. The maximum absolute atomic E-state index is 9.94. The second kappa shape index (κ2) is 9.99. The maximum Gasteiger partial charge on any atom is 0.122 e. The topological polar surface area (TPSA) is 72.8 Å². The van der Waals surface area contributed by atoms with E-state index in [2.05, 4.69) is 31.1 Å². The molecular formula is C20H28N2O4. The summed E-state index contributed by atoms with van der Waals surface area (Å²) < 4.78 is 16.8. The summed E-state index contributed by atoms with van der Waals surface area (Å²) in [7, 11) is 0. The zero-order chi connectivity index (χ0) is 18.8. The fourth-order valence-corrected chi connectivity index (χ4v) is 2.06. The smallest absolute Gasteiger partial charge is 0.122 e. The molecule has 2 rings (SSSR count). The average molecular weight is 360 g/mol. The number of rotatable bonds is 10. The normalized spacial score (nSPS) is 12.5. The minimum absolute atomic E-state index is 0.0267. The van der Waals surface area contributed by atoms with Crippen molar-refractivity contribution in [3.05, 3.63) is 48.8 Å². The van der Waals surface area contributed by atoms with Gasteiger partial charge in [0, 0.05) is 24.5 Å². The van der Waals surface area contributed by atoms with Crippen LogP contribution in [0.1, 0.15) is 20.8 Å². The maximum atomic E-state index is 9.94. The molecule has 1 heterocycles. The molecule has 0 radical (unpaired) electrons. The molecule has 0 fully saturated rings. The van der Waals surface area contributed by atoms with E-state index in [1.54, 1.807) is 24.5 Å². The lowest BCUT2D eigenvalue weighted by Crippen LogP contribution is -2.42. The number of benzene rings is 1. The number of β-amino-alcohol motifs (C(OH)–C–C–N with tert-alkyl or cyclic N) is 1. The molecule has 0 aliphatic rings. The number of aliphatic hydroxyl groups excluding tert-OH is 1. The number of aliphatic hydroxyl groups is 1. The zero-order valence-electron chi connectivity index (χ0n) is 15.6. The van der Waals surface area contributed by atoms with Crippen LogP contribution in [0.2, 0.25) is 0 Å². The zero-order valence-corrected chi connectivity index (χ0v) is 15.6. The molecule has 0 aliphatic heterocycles. The van der Waals surface area contributed by atoms with E-state index in [0.29, 0.717) is 25.5 Å². The van der Waals surface area contributed by atoms with Crippen LogP contribution < -0.4 is 19.5 Å². The third kappa shape index (κ3) is 8.18. The van der Waals surface area contributed by atoms with Gasteiger partial charge in [-0.1, -0.05) is 0 Å². The molecule has 6 heteroatoms.